The summed E-state index contributed by atoms with van der Waals surface area (Å²) in [6, 6.07) is 0. The number of rotatable bonds is 7. The molecule has 1 aromatic rings. The van der Waals surface area contributed by atoms with Crippen molar-refractivity contribution in [3.8, 4) is 0 Å². The Kier molecular flexibility index (Phi) is 7.52. The molecule has 0 aliphatic carbocycles. The van der Waals surface area contributed by atoms with Crippen molar-refractivity contribution in [3.63, 3.8) is 0 Å². The molecule has 1 N–H and O–H groups in total. The molecule has 0 unspecified atom stereocenters. The summed E-state index contributed by atoms with van der Waals surface area (Å²) in [5, 5.41) is 0. The number of aliphatic imine (C=N–C) groups is 1. The smallest absolute Gasteiger partial charge is 0.211 e. The first kappa shape index (κ1) is 22.7. The van der Waals surface area contributed by atoms with Gasteiger partial charge in [-0.2, -0.15) is 21.2 Å². The lowest BCUT2D eigenvalue weighted by Crippen LogP contribution is -2.51. The van der Waals surface area contributed by atoms with Crippen LogP contribution < -0.4 is 9.56 Å². The van der Waals surface area contributed by atoms with Gasteiger partial charge in [0.1, 0.15) is 11.4 Å². The second kappa shape index (κ2) is 9.28. The Morgan fingerprint density at radius 2 is 2.14 bits per heavy atom. The Morgan fingerprint density at radius 3 is 2.79 bits per heavy atom. The molecule has 0 amide bonds. The number of aromatic nitrogens is 2. The molecule has 0 saturated carbocycles. The van der Waals surface area contributed by atoms with Gasteiger partial charge in [0.2, 0.25) is 10.0 Å². The number of hydrogen-bond donors (Lipinski definition) is 1. The minimum absolute atomic E-state index is 0.628. The topological polar surface area (TPSA) is 85.6 Å². The molecule has 1 aliphatic heterocycles. The van der Waals surface area contributed by atoms with Crippen molar-refractivity contribution >= 4 is 33.1 Å². The Hall–Kier alpha value is -1.58. The van der Waals surface area contributed by atoms with Crippen molar-refractivity contribution < 1.29 is 13.3 Å². The number of sulfonamides is 1. The largest absolute Gasteiger partial charge is 0.389 e. The summed E-state index contributed by atoms with van der Waals surface area (Å²) in [6.45, 7) is 12.3. The number of thioether (sulfide) groups is 1. The molecule has 0 aromatic carbocycles. The summed E-state index contributed by atoms with van der Waals surface area (Å²) < 4.78 is 27.6. The molecular weight excluding hydrogens is 396 g/mol. The van der Waals surface area contributed by atoms with Gasteiger partial charge in [0.25, 0.3) is 0 Å². The molecule has 0 saturated heterocycles. The normalized spacial score (nSPS) is 17.0. The average molecular weight is 427 g/mol. The number of imidazole rings is 1. The van der Waals surface area contributed by atoms with Crippen molar-refractivity contribution in [3.05, 3.63) is 35.9 Å². The van der Waals surface area contributed by atoms with Crippen LogP contribution in [0, 0.1) is 0 Å². The fourth-order valence-electron chi connectivity index (χ4n) is 2.90. The van der Waals surface area contributed by atoms with Crippen LogP contribution >= 0.6 is 11.8 Å². The van der Waals surface area contributed by atoms with E-state index in [1.165, 1.54) is 0 Å². The molecule has 0 radical (unpaired) electrons. The van der Waals surface area contributed by atoms with Crippen LogP contribution in [0.1, 0.15) is 57.7 Å². The number of nitrogens with one attached hydrogen (secondary N) is 1. The predicted octanol–water partition coefficient (Wildman–Crippen LogP) is 3.02. The van der Waals surface area contributed by atoms with Gasteiger partial charge >= 0.3 is 0 Å². The molecule has 1 aliphatic rings. The van der Waals surface area contributed by atoms with E-state index in [2.05, 4.69) is 29.3 Å². The second-order valence-electron chi connectivity index (χ2n) is 7.17. The van der Waals surface area contributed by atoms with Crippen LogP contribution in [0.5, 0.6) is 0 Å². The lowest BCUT2D eigenvalue weighted by atomic mass is 10.1. The molecular formula is C19H30N4O3S2. The van der Waals surface area contributed by atoms with Gasteiger partial charge < -0.3 is 4.84 Å². The van der Waals surface area contributed by atoms with Crippen molar-refractivity contribution in [2.45, 2.75) is 52.0 Å². The Labute approximate surface area is 172 Å². The number of hydrogen-bond acceptors (Lipinski definition) is 6. The first-order chi connectivity index (χ1) is 13.0. The molecule has 156 valence electrons. The van der Waals surface area contributed by atoms with Gasteiger partial charge in [-0.05, 0) is 44.9 Å². The van der Waals surface area contributed by atoms with E-state index < -0.39 is 15.7 Å². The van der Waals surface area contributed by atoms with Crippen molar-refractivity contribution in [2.75, 3.05) is 18.6 Å². The van der Waals surface area contributed by atoms with Gasteiger partial charge in [0, 0.05) is 6.54 Å². The van der Waals surface area contributed by atoms with Crippen molar-refractivity contribution in [1.29, 1.82) is 0 Å². The van der Waals surface area contributed by atoms with Crippen LogP contribution in [-0.4, -0.2) is 48.1 Å². The zero-order valence-corrected chi connectivity index (χ0v) is 18.9. The zero-order chi connectivity index (χ0) is 20.9. The van der Waals surface area contributed by atoms with Crippen LogP contribution in [0.15, 0.2) is 23.7 Å². The van der Waals surface area contributed by atoms with Gasteiger partial charge in [-0.1, -0.05) is 25.7 Å². The van der Waals surface area contributed by atoms with Crippen molar-refractivity contribution in [1.82, 2.24) is 14.4 Å². The predicted molar refractivity (Wildman–Crippen MR) is 117 cm³/mol. The monoisotopic (exact) mass is 426 g/mol. The number of nitrogens with zero attached hydrogens (tertiary/aromatic N) is 3. The van der Waals surface area contributed by atoms with Crippen LogP contribution in [-0.2, 0) is 15.8 Å². The highest BCUT2D eigenvalue weighted by Gasteiger charge is 2.30. The highest BCUT2D eigenvalue weighted by Crippen LogP contribution is 2.26. The lowest BCUT2D eigenvalue weighted by Gasteiger charge is -2.28. The van der Waals surface area contributed by atoms with Gasteiger partial charge in [-0.15, -0.1) is 0 Å². The van der Waals surface area contributed by atoms with E-state index in [9.17, 15) is 8.42 Å². The van der Waals surface area contributed by atoms with E-state index >= 15 is 0 Å². The standard InChI is InChI=1S/C19H30N4O3S2/c1-7-27-13-16-21-17-15(3)20-12-10-8-9-11-14(2)18(17)23(16)26-19(4,5)22-28(6,24)25/h9,11,22H,2,7-8,10,12-13H2,1,3-6H3/b11-9-,20-15?. The SMILES string of the molecule is C=C1/C=C\CCCN=C(C)c2nc(CSCC)n(OC(C)(C)NS(C)(=O)=O)c21. The van der Waals surface area contributed by atoms with Gasteiger partial charge in [0.15, 0.2) is 11.5 Å². The Balaban J connectivity index is 2.60. The Bertz CT molecular complexity index is 883. The second-order valence-corrected chi connectivity index (χ2v) is 10.2. The summed E-state index contributed by atoms with van der Waals surface area (Å²) in [4.78, 5) is 15.6. The molecule has 1 aromatic heterocycles. The summed E-state index contributed by atoms with van der Waals surface area (Å²) in [5.41, 5.74) is 1.83. The third kappa shape index (κ3) is 6.22. The first-order valence-corrected chi connectivity index (χ1v) is 12.3. The fraction of sp³-hybridized carbons (Fsp3) is 0.579. The van der Waals surface area contributed by atoms with Crippen molar-refractivity contribution in [2.24, 2.45) is 4.99 Å². The fourth-order valence-corrected chi connectivity index (χ4v) is 4.40. The molecule has 2 heterocycles. The van der Waals surface area contributed by atoms with E-state index in [4.69, 9.17) is 9.82 Å². The molecule has 0 bridgehead atoms. The Morgan fingerprint density at radius 1 is 1.43 bits per heavy atom. The molecule has 7 nitrogen and oxygen atoms in total. The third-order valence-electron chi connectivity index (χ3n) is 3.93. The lowest BCUT2D eigenvalue weighted by molar-refractivity contribution is -0.0401. The first-order valence-electron chi connectivity index (χ1n) is 9.29. The van der Waals surface area contributed by atoms with Gasteiger partial charge in [-0.25, -0.2) is 13.4 Å². The van der Waals surface area contributed by atoms with E-state index in [0.717, 1.165) is 48.4 Å². The van der Waals surface area contributed by atoms with E-state index in [1.54, 1.807) is 30.3 Å². The zero-order valence-electron chi connectivity index (χ0n) is 17.3. The highest BCUT2D eigenvalue weighted by molar-refractivity contribution is 7.98. The average Bonchev–Trinajstić information content (AvgIpc) is 2.90. The maximum atomic E-state index is 11.8. The van der Waals surface area contributed by atoms with Crippen LogP contribution in [0.2, 0.25) is 0 Å². The third-order valence-corrected chi connectivity index (χ3v) is 5.67. The quantitative estimate of drug-likeness (QED) is 0.678. The summed E-state index contributed by atoms with van der Waals surface area (Å²) >= 11 is 1.71. The highest BCUT2D eigenvalue weighted by atomic mass is 32.2. The molecule has 9 heteroatoms. The maximum Gasteiger partial charge on any atom is 0.211 e. The van der Waals surface area contributed by atoms with E-state index in [-0.39, 0.29) is 0 Å². The minimum Gasteiger partial charge on any atom is -0.389 e. The minimum atomic E-state index is -3.46. The molecule has 0 fully saturated rings. The van der Waals surface area contributed by atoms with Gasteiger partial charge in [-0.3, -0.25) is 4.99 Å². The van der Waals surface area contributed by atoms with Gasteiger partial charge in [0.05, 0.1) is 17.7 Å². The van der Waals surface area contributed by atoms with E-state index in [1.807, 2.05) is 13.0 Å². The van der Waals surface area contributed by atoms with Crippen LogP contribution in [0.4, 0.5) is 0 Å². The molecule has 0 spiro atoms. The van der Waals surface area contributed by atoms with E-state index in [0.29, 0.717) is 17.3 Å². The van der Waals surface area contributed by atoms with Crippen LogP contribution in [0.3, 0.4) is 0 Å². The summed E-state index contributed by atoms with van der Waals surface area (Å²) in [7, 11) is -3.46. The number of allylic oxidation sites excluding steroid dienone is 3. The molecule has 2 rings (SSSR count). The maximum absolute atomic E-state index is 11.8. The molecule has 0 atom stereocenters. The summed E-state index contributed by atoms with van der Waals surface area (Å²) in [6.07, 6.45) is 7.03. The number of fused-ring (bicyclic) bond motifs is 1. The summed E-state index contributed by atoms with van der Waals surface area (Å²) in [5.74, 6) is 2.25. The molecule has 28 heavy (non-hydrogen) atoms. The van der Waals surface area contributed by atoms with Crippen LogP contribution in [0.25, 0.3) is 5.57 Å².